The second-order valence-electron chi connectivity index (χ2n) is 3.59. The van der Waals surface area contributed by atoms with E-state index in [1.807, 2.05) is 19.9 Å². The van der Waals surface area contributed by atoms with E-state index in [1.165, 1.54) is 0 Å². The van der Waals surface area contributed by atoms with Crippen LogP contribution in [0.25, 0.3) is 11.4 Å². The van der Waals surface area contributed by atoms with Gasteiger partial charge >= 0.3 is 8.05 Å². The fourth-order valence-electron chi connectivity index (χ4n) is 1.50. The number of hydrogen-bond donors (Lipinski definition) is 0. The first kappa shape index (κ1) is 12.4. The van der Waals surface area contributed by atoms with Crippen molar-refractivity contribution < 1.29 is 9.39 Å². The molecule has 2 heterocycles. The van der Waals surface area contributed by atoms with Crippen LogP contribution < -0.4 is 9.39 Å². The molecule has 18 heavy (non-hydrogen) atoms. The third-order valence-corrected chi connectivity index (χ3v) is 2.30. The molecule has 2 radical (unpaired) electrons. The van der Waals surface area contributed by atoms with E-state index in [1.54, 1.807) is 18.5 Å². The molecule has 0 N–H and O–H groups in total. The summed E-state index contributed by atoms with van der Waals surface area (Å²) in [5.41, 5.74) is 1.59. The van der Waals surface area contributed by atoms with E-state index in [0.29, 0.717) is 23.7 Å². The highest BCUT2D eigenvalue weighted by Crippen LogP contribution is 2.29. The Hall–Kier alpha value is -2.11. The molecule has 2 aromatic rings. The SMILES string of the molecule is [B]Oc1cc(OCC)c(-c2nccc(C)n2)cn1. The van der Waals surface area contributed by atoms with E-state index in [0.717, 1.165) is 5.69 Å². The number of pyridine rings is 1. The Morgan fingerprint density at radius 3 is 2.83 bits per heavy atom. The van der Waals surface area contributed by atoms with Gasteiger partial charge in [-0.2, -0.15) is 0 Å². The lowest BCUT2D eigenvalue weighted by atomic mass is 10.2. The van der Waals surface area contributed by atoms with E-state index in [-0.39, 0.29) is 5.88 Å². The molecule has 0 fully saturated rings. The lowest BCUT2D eigenvalue weighted by molar-refractivity contribution is 0.339. The summed E-state index contributed by atoms with van der Waals surface area (Å²) >= 11 is 0. The Morgan fingerprint density at radius 2 is 2.17 bits per heavy atom. The summed E-state index contributed by atoms with van der Waals surface area (Å²) in [7, 11) is 5.08. The van der Waals surface area contributed by atoms with Gasteiger partial charge in [0.1, 0.15) is 5.75 Å². The van der Waals surface area contributed by atoms with Crippen LogP contribution in [-0.2, 0) is 0 Å². The molecule has 0 spiro atoms. The zero-order valence-electron chi connectivity index (χ0n) is 10.3. The molecule has 0 amide bonds. The van der Waals surface area contributed by atoms with Crippen molar-refractivity contribution in [2.24, 2.45) is 0 Å². The molecule has 90 valence electrons. The van der Waals surface area contributed by atoms with E-state index < -0.39 is 0 Å². The third-order valence-electron chi connectivity index (χ3n) is 2.30. The van der Waals surface area contributed by atoms with E-state index >= 15 is 0 Å². The molecule has 0 saturated heterocycles. The average molecular weight is 241 g/mol. The van der Waals surface area contributed by atoms with Gasteiger partial charge in [0.2, 0.25) is 0 Å². The molecule has 0 atom stereocenters. The second kappa shape index (κ2) is 5.49. The molecule has 0 aliphatic rings. The minimum atomic E-state index is 0.287. The van der Waals surface area contributed by atoms with Gasteiger partial charge < -0.3 is 9.39 Å². The van der Waals surface area contributed by atoms with Crippen molar-refractivity contribution in [3.63, 3.8) is 0 Å². The Bertz CT molecular complexity index is 549. The second-order valence-corrected chi connectivity index (χ2v) is 3.59. The summed E-state index contributed by atoms with van der Waals surface area (Å²) in [6, 6.07) is 3.44. The first-order chi connectivity index (χ1) is 8.74. The van der Waals surface area contributed by atoms with Crippen LogP contribution in [0.4, 0.5) is 0 Å². The van der Waals surface area contributed by atoms with Crippen molar-refractivity contribution in [1.29, 1.82) is 0 Å². The van der Waals surface area contributed by atoms with Crippen LogP contribution >= 0.6 is 0 Å². The molecule has 0 aliphatic heterocycles. The highest BCUT2D eigenvalue weighted by atomic mass is 16.5. The maximum atomic E-state index is 5.52. The van der Waals surface area contributed by atoms with Gasteiger partial charge in [-0.1, -0.05) is 0 Å². The fraction of sp³-hybridized carbons (Fsp3) is 0.250. The van der Waals surface area contributed by atoms with Gasteiger partial charge in [0, 0.05) is 24.2 Å². The largest absolute Gasteiger partial charge is 0.555 e. The van der Waals surface area contributed by atoms with Crippen LogP contribution in [0.5, 0.6) is 11.6 Å². The lowest BCUT2D eigenvalue weighted by Gasteiger charge is -2.10. The Balaban J connectivity index is 2.49. The number of ether oxygens (including phenoxy) is 1. The molecule has 0 bridgehead atoms. The quantitative estimate of drug-likeness (QED) is 0.762. The van der Waals surface area contributed by atoms with Crippen LogP contribution in [0.1, 0.15) is 12.6 Å². The Morgan fingerprint density at radius 1 is 1.33 bits per heavy atom. The number of aryl methyl sites for hydroxylation is 1. The van der Waals surface area contributed by atoms with E-state index in [9.17, 15) is 0 Å². The maximum absolute atomic E-state index is 5.52. The van der Waals surface area contributed by atoms with Gasteiger partial charge in [-0.05, 0) is 19.9 Å². The Kier molecular flexibility index (Phi) is 3.77. The predicted octanol–water partition coefficient (Wildman–Crippen LogP) is 1.71. The van der Waals surface area contributed by atoms with Crippen LogP contribution in [0.2, 0.25) is 0 Å². The van der Waals surface area contributed by atoms with Crippen LogP contribution in [-0.4, -0.2) is 29.6 Å². The Labute approximate surface area is 107 Å². The highest BCUT2D eigenvalue weighted by Gasteiger charge is 2.11. The van der Waals surface area contributed by atoms with Crippen molar-refractivity contribution in [1.82, 2.24) is 15.0 Å². The molecule has 6 heteroatoms. The molecule has 2 aromatic heterocycles. The molecule has 0 saturated carbocycles. The zero-order chi connectivity index (χ0) is 13.0. The molecular weight excluding hydrogens is 229 g/mol. The first-order valence-electron chi connectivity index (χ1n) is 5.54. The molecule has 0 aromatic carbocycles. The molecule has 0 aliphatic carbocycles. The number of rotatable bonds is 4. The van der Waals surface area contributed by atoms with Gasteiger partial charge in [-0.3, -0.25) is 0 Å². The summed E-state index contributed by atoms with van der Waals surface area (Å²) < 4.78 is 10.1. The smallest absolute Gasteiger partial charge is 0.376 e. The van der Waals surface area contributed by atoms with Crippen molar-refractivity contribution in [3.05, 3.63) is 30.2 Å². The molecule has 0 unspecified atom stereocenters. The number of aromatic nitrogens is 3. The highest BCUT2D eigenvalue weighted by molar-refractivity contribution is 5.99. The van der Waals surface area contributed by atoms with Gasteiger partial charge in [0.05, 0.1) is 12.2 Å². The van der Waals surface area contributed by atoms with Crippen molar-refractivity contribution in [2.45, 2.75) is 13.8 Å². The summed E-state index contributed by atoms with van der Waals surface area (Å²) in [5, 5.41) is 0. The van der Waals surface area contributed by atoms with Crippen LogP contribution in [0, 0.1) is 6.92 Å². The summed E-state index contributed by atoms with van der Waals surface area (Å²) in [5.74, 6) is 1.45. The molecule has 2 rings (SSSR count). The monoisotopic (exact) mass is 241 g/mol. The van der Waals surface area contributed by atoms with Gasteiger partial charge in [-0.15, -0.1) is 0 Å². The van der Waals surface area contributed by atoms with Crippen LogP contribution in [0.3, 0.4) is 0 Å². The van der Waals surface area contributed by atoms with Crippen LogP contribution in [0.15, 0.2) is 24.5 Å². The maximum Gasteiger partial charge on any atom is 0.376 e. The van der Waals surface area contributed by atoms with E-state index in [4.69, 9.17) is 12.8 Å². The normalized spacial score (nSPS) is 10.1. The summed E-state index contributed by atoms with van der Waals surface area (Å²) in [6.07, 6.45) is 3.28. The topological polar surface area (TPSA) is 57.1 Å². The third kappa shape index (κ3) is 2.59. The first-order valence-corrected chi connectivity index (χ1v) is 5.54. The van der Waals surface area contributed by atoms with Gasteiger partial charge in [-0.25, -0.2) is 15.0 Å². The van der Waals surface area contributed by atoms with E-state index in [2.05, 4.69) is 19.6 Å². The van der Waals surface area contributed by atoms with Crippen molar-refractivity contribution in [2.75, 3.05) is 6.61 Å². The molecular formula is C12H12BN3O2. The minimum absolute atomic E-state index is 0.287. The lowest BCUT2D eigenvalue weighted by Crippen LogP contribution is -1.99. The predicted molar refractivity (Wildman–Crippen MR) is 67.6 cm³/mol. The summed E-state index contributed by atoms with van der Waals surface area (Å²) in [4.78, 5) is 12.6. The zero-order valence-corrected chi connectivity index (χ0v) is 10.3. The van der Waals surface area contributed by atoms with Gasteiger partial charge in [0.15, 0.2) is 11.7 Å². The van der Waals surface area contributed by atoms with Gasteiger partial charge in [0.25, 0.3) is 0 Å². The van der Waals surface area contributed by atoms with Crippen molar-refractivity contribution >= 4 is 8.05 Å². The average Bonchev–Trinajstić information content (AvgIpc) is 2.39. The van der Waals surface area contributed by atoms with Crippen molar-refractivity contribution in [3.8, 4) is 23.0 Å². The minimum Gasteiger partial charge on any atom is -0.555 e. The fourth-order valence-corrected chi connectivity index (χ4v) is 1.50. The number of nitrogens with zero attached hydrogens (tertiary/aromatic N) is 3. The standard InChI is InChI=1S/C12H12BN3O2/c1-3-17-10-6-11(18-13)15-7-9(10)12-14-5-4-8(2)16-12/h4-7H,3H2,1-2H3. The summed E-state index contributed by atoms with van der Waals surface area (Å²) in [6.45, 7) is 4.31. The molecule has 5 nitrogen and oxygen atoms in total. The number of hydrogen-bond acceptors (Lipinski definition) is 5.